The van der Waals surface area contributed by atoms with Gasteiger partial charge in [-0.3, -0.25) is 0 Å². The monoisotopic (exact) mass is 194 g/mol. The van der Waals surface area contributed by atoms with E-state index in [0.29, 0.717) is 18.3 Å². The largest absolute Gasteiger partial charge is 0.483 e. The molecule has 0 aromatic heterocycles. The zero-order valence-electron chi connectivity index (χ0n) is 5.87. The summed E-state index contributed by atoms with van der Waals surface area (Å²) in [6.07, 6.45) is 2.87. The van der Waals surface area contributed by atoms with E-state index in [-0.39, 0.29) is 10.8 Å². The Morgan fingerprint density at radius 2 is 2.09 bits per heavy atom. The maximum Gasteiger partial charge on any atom is 0.483 e. The summed E-state index contributed by atoms with van der Waals surface area (Å²) < 4.78 is 0. The molecule has 2 N–H and O–H groups in total. The first-order valence-corrected chi connectivity index (χ1v) is 4.31. The number of rotatable bonds is 1. The molecule has 1 aliphatic rings. The van der Waals surface area contributed by atoms with Crippen molar-refractivity contribution in [2.45, 2.75) is 23.6 Å². The van der Waals surface area contributed by atoms with E-state index >= 15 is 0 Å². The van der Waals surface area contributed by atoms with Crippen LogP contribution in [0.2, 0.25) is 0 Å². The van der Waals surface area contributed by atoms with E-state index in [2.05, 4.69) is 0 Å². The molecule has 0 amide bonds. The quantitative estimate of drug-likeness (QED) is 0.482. The van der Waals surface area contributed by atoms with Crippen LogP contribution in [0.5, 0.6) is 0 Å². The molecule has 0 bridgehead atoms. The SMILES string of the molecule is OB(O)C1=CC(Cl)CC(Cl)C1. The van der Waals surface area contributed by atoms with Gasteiger partial charge in [0.05, 0.1) is 5.38 Å². The second kappa shape index (κ2) is 3.81. The molecule has 0 saturated heterocycles. The van der Waals surface area contributed by atoms with Gasteiger partial charge in [-0.1, -0.05) is 6.08 Å². The summed E-state index contributed by atoms with van der Waals surface area (Å²) in [7, 11) is -1.40. The maximum absolute atomic E-state index is 8.78. The van der Waals surface area contributed by atoms with Crippen LogP contribution in [0.25, 0.3) is 0 Å². The van der Waals surface area contributed by atoms with Crippen molar-refractivity contribution in [2.24, 2.45) is 0 Å². The molecule has 11 heavy (non-hydrogen) atoms. The zero-order chi connectivity index (χ0) is 8.43. The summed E-state index contributed by atoms with van der Waals surface area (Å²) in [4.78, 5) is 0. The van der Waals surface area contributed by atoms with E-state index in [1.807, 2.05) is 0 Å². The summed E-state index contributed by atoms with van der Waals surface area (Å²) in [6, 6.07) is 0. The van der Waals surface area contributed by atoms with Gasteiger partial charge >= 0.3 is 7.12 Å². The first kappa shape index (κ1) is 9.39. The van der Waals surface area contributed by atoms with Crippen LogP contribution in [0.1, 0.15) is 12.8 Å². The third-order valence-electron chi connectivity index (χ3n) is 1.66. The van der Waals surface area contributed by atoms with Crippen LogP contribution in [0.15, 0.2) is 11.5 Å². The van der Waals surface area contributed by atoms with Crippen molar-refractivity contribution in [3.05, 3.63) is 11.5 Å². The summed E-state index contributed by atoms with van der Waals surface area (Å²) in [6.45, 7) is 0. The average Bonchev–Trinajstić information content (AvgIpc) is 1.85. The smallest absolute Gasteiger partial charge is 0.423 e. The molecule has 0 aromatic carbocycles. The molecule has 0 aromatic rings. The van der Waals surface area contributed by atoms with Gasteiger partial charge in [0.15, 0.2) is 0 Å². The minimum atomic E-state index is -1.40. The highest BCUT2D eigenvalue weighted by Crippen LogP contribution is 2.26. The van der Waals surface area contributed by atoms with Gasteiger partial charge in [-0.05, 0) is 18.3 Å². The van der Waals surface area contributed by atoms with Crippen LogP contribution in [0.3, 0.4) is 0 Å². The lowest BCUT2D eigenvalue weighted by molar-refractivity contribution is 0.414. The first-order chi connectivity index (χ1) is 5.09. The molecule has 2 unspecified atom stereocenters. The van der Waals surface area contributed by atoms with E-state index in [0.717, 1.165) is 0 Å². The predicted molar refractivity (Wildman–Crippen MR) is 46.8 cm³/mol. The molecule has 0 fully saturated rings. The molecular weight excluding hydrogens is 186 g/mol. The number of allylic oxidation sites excluding steroid dienone is 2. The van der Waals surface area contributed by atoms with Crippen LogP contribution in [0.4, 0.5) is 0 Å². The molecule has 1 aliphatic carbocycles. The fraction of sp³-hybridized carbons (Fsp3) is 0.667. The molecule has 0 heterocycles. The minimum Gasteiger partial charge on any atom is -0.423 e. The third kappa shape index (κ3) is 2.67. The van der Waals surface area contributed by atoms with E-state index in [1.54, 1.807) is 6.08 Å². The molecule has 2 atom stereocenters. The molecule has 2 nitrogen and oxygen atoms in total. The molecule has 1 rings (SSSR count). The highest BCUT2D eigenvalue weighted by Gasteiger charge is 2.25. The Morgan fingerprint density at radius 3 is 2.55 bits per heavy atom. The molecule has 62 valence electrons. The number of hydrogen-bond acceptors (Lipinski definition) is 2. The molecule has 0 aliphatic heterocycles. The normalized spacial score (nSPS) is 31.5. The standard InChI is InChI=1S/C6H9BCl2O2/c8-5-1-4(7(10)11)2-6(9)3-5/h1,5-6,10-11H,2-3H2. The molecule has 0 saturated carbocycles. The van der Waals surface area contributed by atoms with Gasteiger partial charge in [0, 0.05) is 5.38 Å². The van der Waals surface area contributed by atoms with Crippen molar-refractivity contribution in [2.75, 3.05) is 0 Å². The Hall–Kier alpha value is 0.305. The minimum absolute atomic E-state index is 0.0701. The Morgan fingerprint density at radius 1 is 1.45 bits per heavy atom. The van der Waals surface area contributed by atoms with E-state index in [9.17, 15) is 0 Å². The topological polar surface area (TPSA) is 40.5 Å². The van der Waals surface area contributed by atoms with Gasteiger partial charge in [0.25, 0.3) is 0 Å². The van der Waals surface area contributed by atoms with E-state index in [1.165, 1.54) is 0 Å². The fourth-order valence-corrected chi connectivity index (χ4v) is 1.98. The van der Waals surface area contributed by atoms with Crippen LogP contribution in [-0.4, -0.2) is 27.9 Å². The fourth-order valence-electron chi connectivity index (χ4n) is 1.14. The highest BCUT2D eigenvalue weighted by atomic mass is 35.5. The summed E-state index contributed by atoms with van der Waals surface area (Å²) in [5, 5.41) is 17.3. The predicted octanol–water partition coefficient (Wildman–Crippen LogP) is 0.933. The summed E-state index contributed by atoms with van der Waals surface area (Å²) >= 11 is 11.6. The molecule has 0 spiro atoms. The lowest BCUT2D eigenvalue weighted by Crippen LogP contribution is -2.24. The lowest BCUT2D eigenvalue weighted by Gasteiger charge is -2.20. The van der Waals surface area contributed by atoms with Gasteiger partial charge in [0.2, 0.25) is 0 Å². The summed E-state index contributed by atoms with van der Waals surface area (Å²) in [5.41, 5.74) is 0.524. The van der Waals surface area contributed by atoms with Crippen molar-refractivity contribution in [3.63, 3.8) is 0 Å². The third-order valence-corrected chi connectivity index (χ3v) is 2.30. The van der Waals surface area contributed by atoms with Crippen molar-refractivity contribution < 1.29 is 10.0 Å². The second-order valence-corrected chi connectivity index (χ2v) is 3.85. The van der Waals surface area contributed by atoms with Crippen LogP contribution in [0, 0.1) is 0 Å². The Kier molecular flexibility index (Phi) is 3.25. The van der Waals surface area contributed by atoms with Crippen molar-refractivity contribution in [3.8, 4) is 0 Å². The zero-order valence-corrected chi connectivity index (χ0v) is 7.39. The van der Waals surface area contributed by atoms with Gasteiger partial charge < -0.3 is 10.0 Å². The van der Waals surface area contributed by atoms with Gasteiger partial charge in [0.1, 0.15) is 0 Å². The maximum atomic E-state index is 8.78. The molecule has 0 radical (unpaired) electrons. The lowest BCUT2D eigenvalue weighted by atomic mass is 9.73. The van der Waals surface area contributed by atoms with Crippen LogP contribution in [-0.2, 0) is 0 Å². The van der Waals surface area contributed by atoms with Gasteiger partial charge in [-0.2, -0.15) is 0 Å². The van der Waals surface area contributed by atoms with Gasteiger partial charge in [-0.25, -0.2) is 0 Å². The summed E-state index contributed by atoms with van der Waals surface area (Å²) in [5.74, 6) is 0. The molecule has 5 heteroatoms. The van der Waals surface area contributed by atoms with Gasteiger partial charge in [-0.15, -0.1) is 23.2 Å². The Balaban J connectivity index is 2.64. The van der Waals surface area contributed by atoms with E-state index < -0.39 is 7.12 Å². The average molecular weight is 195 g/mol. The van der Waals surface area contributed by atoms with Crippen molar-refractivity contribution >= 4 is 30.3 Å². The number of hydrogen-bond donors (Lipinski definition) is 2. The van der Waals surface area contributed by atoms with E-state index in [4.69, 9.17) is 33.2 Å². The van der Waals surface area contributed by atoms with Crippen LogP contribution >= 0.6 is 23.2 Å². The van der Waals surface area contributed by atoms with Crippen LogP contribution < -0.4 is 0 Å². The highest BCUT2D eigenvalue weighted by molar-refractivity contribution is 6.51. The Labute approximate surface area is 76.0 Å². The van der Waals surface area contributed by atoms with Crippen molar-refractivity contribution in [1.29, 1.82) is 0 Å². The Bertz CT molecular complexity index is 172. The number of halogens is 2. The van der Waals surface area contributed by atoms with Crippen molar-refractivity contribution in [1.82, 2.24) is 0 Å². The second-order valence-electron chi connectivity index (χ2n) is 2.67. The first-order valence-electron chi connectivity index (χ1n) is 3.44. The number of alkyl halides is 2. The molecular formula is C6H9BCl2O2.